The number of thiophene rings is 1. The third-order valence-electron chi connectivity index (χ3n) is 5.03. The summed E-state index contributed by atoms with van der Waals surface area (Å²) < 4.78 is 10.1. The van der Waals surface area contributed by atoms with Crippen molar-refractivity contribution in [3.8, 4) is 0 Å². The number of β-lactam (4-membered cyclic amide) rings is 1. The molecule has 3 heterocycles. The highest BCUT2D eigenvalue weighted by molar-refractivity contribution is 7.13. The van der Waals surface area contributed by atoms with Crippen molar-refractivity contribution < 1.29 is 34.1 Å². The maximum absolute atomic E-state index is 12.8. The van der Waals surface area contributed by atoms with E-state index in [0.29, 0.717) is 12.0 Å². The molecule has 8 nitrogen and oxygen atoms in total. The molecule has 0 aliphatic carbocycles. The molecule has 2 aliphatic rings. The van der Waals surface area contributed by atoms with Crippen LogP contribution in [0.4, 0.5) is 0 Å². The van der Waals surface area contributed by atoms with Crippen LogP contribution in [0, 0.1) is 11.3 Å². The van der Waals surface area contributed by atoms with Gasteiger partial charge in [-0.1, -0.05) is 0 Å². The molecular formula is C20H25NO7S. The summed E-state index contributed by atoms with van der Waals surface area (Å²) >= 11 is 1.32. The molecule has 0 saturated carbocycles. The van der Waals surface area contributed by atoms with Crippen LogP contribution in [-0.2, 0) is 30.5 Å². The van der Waals surface area contributed by atoms with Gasteiger partial charge in [-0.15, -0.1) is 11.3 Å². The Bertz CT molecular complexity index is 864. The average molecular weight is 423 g/mol. The molecule has 2 N–H and O–H groups in total. The van der Waals surface area contributed by atoms with Gasteiger partial charge in [-0.3, -0.25) is 9.59 Å². The predicted molar refractivity (Wildman–Crippen MR) is 104 cm³/mol. The first-order valence-corrected chi connectivity index (χ1v) is 10.2. The van der Waals surface area contributed by atoms with Crippen LogP contribution in [0.2, 0.25) is 0 Å². The van der Waals surface area contributed by atoms with Crippen LogP contribution >= 0.6 is 11.3 Å². The van der Waals surface area contributed by atoms with E-state index in [4.69, 9.17) is 9.47 Å². The predicted octanol–water partition coefficient (Wildman–Crippen LogP) is 1.65. The van der Waals surface area contributed by atoms with Gasteiger partial charge in [0.1, 0.15) is 5.70 Å². The quantitative estimate of drug-likeness (QED) is 0.406. The van der Waals surface area contributed by atoms with Gasteiger partial charge in [-0.2, -0.15) is 0 Å². The highest BCUT2D eigenvalue weighted by Gasteiger charge is 2.57. The first kappa shape index (κ1) is 21.5. The second kappa shape index (κ2) is 7.89. The Kier molecular flexibility index (Phi) is 5.84. The molecule has 29 heavy (non-hydrogen) atoms. The van der Waals surface area contributed by atoms with E-state index in [-0.39, 0.29) is 24.3 Å². The molecule has 0 aromatic carbocycles. The van der Waals surface area contributed by atoms with Gasteiger partial charge in [0.25, 0.3) is 0 Å². The summed E-state index contributed by atoms with van der Waals surface area (Å²) in [5.41, 5.74) is 0.00335. The van der Waals surface area contributed by atoms with Crippen LogP contribution < -0.4 is 0 Å². The van der Waals surface area contributed by atoms with Crippen LogP contribution in [0.15, 0.2) is 17.8 Å². The van der Waals surface area contributed by atoms with Gasteiger partial charge in [-0.25, -0.2) is 4.79 Å². The van der Waals surface area contributed by atoms with E-state index in [1.54, 1.807) is 39.8 Å². The van der Waals surface area contributed by atoms with Gasteiger partial charge in [0.2, 0.25) is 12.7 Å². The Labute approximate surface area is 172 Å². The largest absolute Gasteiger partial charge is 0.427 e. The molecule has 1 fully saturated rings. The molecule has 9 heteroatoms. The fourth-order valence-corrected chi connectivity index (χ4v) is 4.45. The molecule has 1 aromatic rings. The zero-order valence-electron chi connectivity index (χ0n) is 16.8. The van der Waals surface area contributed by atoms with Crippen LogP contribution in [0.25, 0.3) is 5.57 Å². The van der Waals surface area contributed by atoms with Gasteiger partial charge in [0, 0.05) is 15.3 Å². The summed E-state index contributed by atoms with van der Waals surface area (Å²) in [6.07, 6.45) is -0.428. The average Bonchev–Trinajstić information content (AvgIpc) is 3.22. The molecule has 1 saturated heterocycles. The number of amides is 1. The van der Waals surface area contributed by atoms with E-state index < -0.39 is 36.2 Å². The van der Waals surface area contributed by atoms with Crippen molar-refractivity contribution in [2.24, 2.45) is 11.3 Å². The van der Waals surface area contributed by atoms with Crippen molar-refractivity contribution >= 4 is 34.8 Å². The number of carbonyl (C=O) groups excluding carboxylic acids is 3. The Morgan fingerprint density at radius 3 is 2.55 bits per heavy atom. The summed E-state index contributed by atoms with van der Waals surface area (Å²) in [4.78, 5) is 40.0. The summed E-state index contributed by atoms with van der Waals surface area (Å²) in [5.74, 6) is -2.19. The Hall–Kier alpha value is -2.23. The van der Waals surface area contributed by atoms with Crippen LogP contribution in [0.5, 0.6) is 0 Å². The number of hydrogen-bond donors (Lipinski definition) is 2. The number of esters is 2. The molecule has 2 aliphatic heterocycles. The summed E-state index contributed by atoms with van der Waals surface area (Å²) in [5, 5.41) is 19.3. The standard InChI is InChI=1S/C20H25NO7S/c1-10(23)15-13-7-12(14-6-5-11(8-22)29-14)16(21(13)17(15)24)18(25)27-9-28-19(26)20(2,3)4/h5-6,10,13,15,22-23H,7-9H2,1-4H3/t10-,13-,15-/m1/s1. The van der Waals surface area contributed by atoms with E-state index in [1.807, 2.05) is 0 Å². The number of carbonyl (C=O) groups is 3. The van der Waals surface area contributed by atoms with Crippen molar-refractivity contribution in [1.29, 1.82) is 0 Å². The molecule has 0 spiro atoms. The van der Waals surface area contributed by atoms with E-state index in [2.05, 4.69) is 0 Å². The zero-order chi connectivity index (χ0) is 21.5. The first-order chi connectivity index (χ1) is 13.6. The fourth-order valence-electron chi connectivity index (χ4n) is 3.53. The van der Waals surface area contributed by atoms with E-state index >= 15 is 0 Å². The minimum absolute atomic E-state index is 0.107. The number of nitrogens with zero attached hydrogens (tertiary/aromatic N) is 1. The van der Waals surface area contributed by atoms with Crippen molar-refractivity contribution in [2.75, 3.05) is 6.79 Å². The van der Waals surface area contributed by atoms with Gasteiger partial charge in [0.05, 0.1) is 30.1 Å². The second-order valence-corrected chi connectivity index (χ2v) is 9.40. The maximum atomic E-state index is 12.8. The Balaban J connectivity index is 1.82. The second-order valence-electron chi connectivity index (χ2n) is 8.23. The van der Waals surface area contributed by atoms with E-state index in [9.17, 15) is 24.6 Å². The van der Waals surface area contributed by atoms with Gasteiger partial charge < -0.3 is 24.6 Å². The molecule has 3 atom stereocenters. The molecule has 1 amide bonds. The normalized spacial score (nSPS) is 22.3. The maximum Gasteiger partial charge on any atom is 0.358 e. The van der Waals surface area contributed by atoms with Gasteiger partial charge >= 0.3 is 11.9 Å². The smallest absolute Gasteiger partial charge is 0.358 e. The number of aliphatic hydroxyl groups excluding tert-OH is 2. The number of aliphatic hydroxyl groups is 2. The van der Waals surface area contributed by atoms with E-state index in [0.717, 1.165) is 9.75 Å². The minimum atomic E-state index is -0.829. The van der Waals surface area contributed by atoms with Crippen LogP contribution in [-0.4, -0.2) is 51.9 Å². The lowest BCUT2D eigenvalue weighted by Gasteiger charge is -2.44. The minimum Gasteiger partial charge on any atom is -0.427 e. The Morgan fingerprint density at radius 1 is 1.31 bits per heavy atom. The number of rotatable bonds is 6. The first-order valence-electron chi connectivity index (χ1n) is 9.34. The topological polar surface area (TPSA) is 113 Å². The lowest BCUT2D eigenvalue weighted by Crippen LogP contribution is -2.61. The van der Waals surface area contributed by atoms with Crippen LogP contribution in [0.3, 0.4) is 0 Å². The number of hydrogen-bond acceptors (Lipinski definition) is 8. The fraction of sp³-hybridized carbons (Fsp3) is 0.550. The summed E-state index contributed by atoms with van der Waals surface area (Å²) in [6.45, 7) is 5.93. The molecular weight excluding hydrogens is 398 g/mol. The highest BCUT2D eigenvalue weighted by Crippen LogP contribution is 2.48. The third-order valence-corrected chi connectivity index (χ3v) is 6.16. The van der Waals surface area contributed by atoms with Gasteiger partial charge in [-0.05, 0) is 46.2 Å². The lowest BCUT2D eigenvalue weighted by molar-refractivity contribution is -0.175. The van der Waals surface area contributed by atoms with E-state index in [1.165, 1.54) is 16.2 Å². The number of fused-ring (bicyclic) bond motifs is 1. The molecule has 3 rings (SSSR count). The zero-order valence-corrected chi connectivity index (χ0v) is 17.6. The summed E-state index contributed by atoms with van der Waals surface area (Å²) in [7, 11) is 0. The van der Waals surface area contributed by atoms with Crippen molar-refractivity contribution in [3.63, 3.8) is 0 Å². The monoisotopic (exact) mass is 423 g/mol. The highest BCUT2D eigenvalue weighted by atomic mass is 32.1. The molecule has 1 aromatic heterocycles. The molecule has 0 radical (unpaired) electrons. The van der Waals surface area contributed by atoms with Crippen LogP contribution in [0.1, 0.15) is 43.9 Å². The molecule has 0 bridgehead atoms. The Morgan fingerprint density at radius 2 is 2.00 bits per heavy atom. The lowest BCUT2D eigenvalue weighted by atomic mass is 9.83. The summed E-state index contributed by atoms with van der Waals surface area (Å²) in [6, 6.07) is 3.22. The molecule has 158 valence electrons. The van der Waals surface area contributed by atoms with Gasteiger partial charge in [0.15, 0.2) is 0 Å². The SMILES string of the molecule is C[C@@H](O)[C@H]1C(=O)N2C(C(=O)OCOC(=O)C(C)(C)C)=C(c3ccc(CO)s3)C[C@H]12. The third kappa shape index (κ3) is 3.94. The van der Waals surface area contributed by atoms with Crippen molar-refractivity contribution in [3.05, 3.63) is 27.6 Å². The molecule has 0 unspecified atom stereocenters. The number of ether oxygens (including phenoxy) is 2. The van der Waals surface area contributed by atoms with Crippen molar-refractivity contribution in [1.82, 2.24) is 4.90 Å². The van der Waals surface area contributed by atoms with Crippen molar-refractivity contribution in [2.45, 2.75) is 52.9 Å².